The molecule has 1 aliphatic carbocycles. The van der Waals surface area contributed by atoms with Crippen LogP contribution in [-0.4, -0.2) is 47.8 Å². The minimum absolute atomic E-state index is 0.0307. The topological polar surface area (TPSA) is 90.5 Å². The second kappa shape index (κ2) is 8.62. The Kier molecular flexibility index (Phi) is 6.52. The molecule has 7 heteroatoms. The molecule has 1 fully saturated rings. The first-order valence-corrected chi connectivity index (χ1v) is 8.61. The van der Waals surface area contributed by atoms with Gasteiger partial charge >= 0.3 is 0 Å². The van der Waals surface area contributed by atoms with Crippen molar-refractivity contribution in [3.8, 4) is 0 Å². The molecular formula is C18H26N4O3. The Morgan fingerprint density at radius 3 is 2.16 bits per heavy atom. The normalized spacial score (nSPS) is 14.7. The molecule has 0 aromatic heterocycles. The Hall–Kier alpha value is -2.41. The second-order valence-corrected chi connectivity index (χ2v) is 6.33. The van der Waals surface area contributed by atoms with Gasteiger partial charge in [-0.15, -0.1) is 0 Å². The van der Waals surface area contributed by atoms with Crippen LogP contribution in [0.5, 0.6) is 0 Å². The minimum Gasteiger partial charge on any atom is -0.352 e. The van der Waals surface area contributed by atoms with Gasteiger partial charge in [0.15, 0.2) is 0 Å². The van der Waals surface area contributed by atoms with E-state index in [1.165, 1.54) is 6.92 Å². The molecule has 0 unspecified atom stereocenters. The molecule has 3 N–H and O–H groups in total. The summed E-state index contributed by atoms with van der Waals surface area (Å²) < 4.78 is 0. The van der Waals surface area contributed by atoms with E-state index in [1.807, 2.05) is 18.7 Å². The lowest BCUT2D eigenvalue weighted by molar-refractivity contribution is -0.127. The predicted molar refractivity (Wildman–Crippen MR) is 97.2 cm³/mol. The molecule has 1 aliphatic rings. The number of likely N-dealkylation sites (N-methyl/N-ethyl adjacent to an activating group) is 1. The van der Waals surface area contributed by atoms with E-state index in [4.69, 9.17) is 0 Å². The van der Waals surface area contributed by atoms with Crippen molar-refractivity contribution in [1.29, 1.82) is 0 Å². The fraction of sp³-hybridized carbons (Fsp3) is 0.500. The van der Waals surface area contributed by atoms with Gasteiger partial charge in [0.25, 0.3) is 0 Å². The first kappa shape index (κ1) is 18.9. The number of rotatable bonds is 8. The lowest BCUT2D eigenvalue weighted by Crippen LogP contribution is -2.48. The summed E-state index contributed by atoms with van der Waals surface area (Å²) in [5.74, 6) is -0.356. The van der Waals surface area contributed by atoms with Crippen molar-refractivity contribution in [3.63, 3.8) is 0 Å². The highest BCUT2D eigenvalue weighted by Gasteiger charge is 2.28. The van der Waals surface area contributed by atoms with Gasteiger partial charge in [-0.25, -0.2) is 0 Å². The number of nitrogens with zero attached hydrogens (tertiary/aromatic N) is 1. The summed E-state index contributed by atoms with van der Waals surface area (Å²) in [6.45, 7) is 5.93. The number of anilines is 2. The highest BCUT2D eigenvalue weighted by Crippen LogP contribution is 2.19. The maximum atomic E-state index is 12.3. The smallest absolute Gasteiger partial charge is 0.238 e. The van der Waals surface area contributed by atoms with Crippen LogP contribution in [0, 0.1) is 0 Å². The number of hydrogen-bond acceptors (Lipinski definition) is 4. The van der Waals surface area contributed by atoms with Crippen molar-refractivity contribution < 1.29 is 14.4 Å². The van der Waals surface area contributed by atoms with E-state index in [-0.39, 0.29) is 30.3 Å². The molecule has 0 radical (unpaired) electrons. The average molecular weight is 346 g/mol. The molecule has 136 valence electrons. The van der Waals surface area contributed by atoms with Gasteiger partial charge in [0.2, 0.25) is 17.7 Å². The molecule has 1 aromatic rings. The highest BCUT2D eigenvalue weighted by molar-refractivity contribution is 5.93. The van der Waals surface area contributed by atoms with Gasteiger partial charge in [0, 0.05) is 24.3 Å². The van der Waals surface area contributed by atoms with Gasteiger partial charge in [-0.05, 0) is 50.6 Å². The summed E-state index contributed by atoms with van der Waals surface area (Å²) in [6, 6.07) is 6.86. The van der Waals surface area contributed by atoms with Gasteiger partial charge in [-0.1, -0.05) is 6.92 Å². The molecule has 2 rings (SSSR count). The Morgan fingerprint density at radius 1 is 1.12 bits per heavy atom. The fourth-order valence-electron chi connectivity index (χ4n) is 2.46. The van der Waals surface area contributed by atoms with Crippen molar-refractivity contribution in [2.24, 2.45) is 0 Å². The number of carbonyl (C=O) groups is 3. The molecule has 1 saturated carbocycles. The molecule has 1 atom stereocenters. The van der Waals surface area contributed by atoms with Gasteiger partial charge < -0.3 is 16.0 Å². The third kappa shape index (κ3) is 6.19. The number of nitrogens with one attached hydrogen (secondary N) is 3. The van der Waals surface area contributed by atoms with Crippen LogP contribution in [0.1, 0.15) is 33.6 Å². The summed E-state index contributed by atoms with van der Waals surface area (Å²) in [5.41, 5.74) is 1.32. The Bertz CT molecular complexity index is 626. The van der Waals surface area contributed by atoms with E-state index >= 15 is 0 Å². The summed E-state index contributed by atoms with van der Waals surface area (Å²) in [6.07, 6.45) is 2.08. The number of amides is 3. The largest absolute Gasteiger partial charge is 0.352 e. The fourth-order valence-corrected chi connectivity index (χ4v) is 2.46. The molecule has 0 aliphatic heterocycles. The first-order valence-electron chi connectivity index (χ1n) is 8.61. The van der Waals surface area contributed by atoms with Crippen LogP contribution in [0.15, 0.2) is 24.3 Å². The first-order chi connectivity index (χ1) is 11.9. The molecule has 7 nitrogen and oxygen atoms in total. The highest BCUT2D eigenvalue weighted by atomic mass is 16.2. The lowest BCUT2D eigenvalue weighted by atomic mass is 10.2. The van der Waals surface area contributed by atoms with Crippen molar-refractivity contribution >= 4 is 29.1 Å². The number of hydrogen-bond donors (Lipinski definition) is 3. The van der Waals surface area contributed by atoms with Crippen LogP contribution in [0.3, 0.4) is 0 Å². The van der Waals surface area contributed by atoms with Crippen LogP contribution >= 0.6 is 0 Å². The Labute approximate surface area is 148 Å². The summed E-state index contributed by atoms with van der Waals surface area (Å²) in [7, 11) is 0. The zero-order valence-electron chi connectivity index (χ0n) is 15.0. The van der Waals surface area contributed by atoms with Crippen molar-refractivity contribution in [2.75, 3.05) is 23.7 Å². The van der Waals surface area contributed by atoms with E-state index in [0.717, 1.165) is 12.8 Å². The number of carbonyl (C=O) groups excluding carboxylic acids is 3. The molecule has 0 spiro atoms. The zero-order valence-corrected chi connectivity index (χ0v) is 15.0. The summed E-state index contributed by atoms with van der Waals surface area (Å²) >= 11 is 0. The maximum absolute atomic E-state index is 12.3. The van der Waals surface area contributed by atoms with Crippen molar-refractivity contribution in [3.05, 3.63) is 24.3 Å². The van der Waals surface area contributed by atoms with Crippen LogP contribution in [-0.2, 0) is 14.4 Å². The third-order valence-corrected chi connectivity index (χ3v) is 4.09. The third-order valence-electron chi connectivity index (χ3n) is 4.09. The van der Waals surface area contributed by atoms with E-state index < -0.39 is 0 Å². The summed E-state index contributed by atoms with van der Waals surface area (Å²) in [5, 5.41) is 8.45. The molecular weight excluding hydrogens is 320 g/mol. The van der Waals surface area contributed by atoms with E-state index in [2.05, 4.69) is 16.0 Å². The SMILES string of the molecule is CCN(CC(=O)Nc1ccc(NC(C)=O)cc1)[C@H](C)C(=O)NC1CC1. The molecule has 0 bridgehead atoms. The van der Waals surface area contributed by atoms with E-state index in [0.29, 0.717) is 24.0 Å². The molecule has 3 amide bonds. The van der Waals surface area contributed by atoms with Gasteiger partial charge in [-0.2, -0.15) is 0 Å². The molecule has 25 heavy (non-hydrogen) atoms. The second-order valence-electron chi connectivity index (χ2n) is 6.33. The van der Waals surface area contributed by atoms with Gasteiger partial charge in [0.1, 0.15) is 0 Å². The zero-order chi connectivity index (χ0) is 18.4. The van der Waals surface area contributed by atoms with Crippen LogP contribution in [0.2, 0.25) is 0 Å². The predicted octanol–water partition coefficient (Wildman–Crippen LogP) is 1.57. The Balaban J connectivity index is 1.86. The lowest BCUT2D eigenvalue weighted by Gasteiger charge is -2.26. The molecule has 0 heterocycles. The van der Waals surface area contributed by atoms with Crippen molar-refractivity contribution in [2.45, 2.75) is 45.7 Å². The van der Waals surface area contributed by atoms with E-state index in [9.17, 15) is 14.4 Å². The van der Waals surface area contributed by atoms with E-state index in [1.54, 1.807) is 24.3 Å². The maximum Gasteiger partial charge on any atom is 0.238 e. The van der Waals surface area contributed by atoms with Crippen LogP contribution in [0.4, 0.5) is 11.4 Å². The molecule has 0 saturated heterocycles. The Morgan fingerprint density at radius 2 is 1.68 bits per heavy atom. The van der Waals surface area contributed by atoms with Crippen LogP contribution < -0.4 is 16.0 Å². The quantitative estimate of drug-likeness (QED) is 0.666. The van der Waals surface area contributed by atoms with Gasteiger partial charge in [-0.3, -0.25) is 19.3 Å². The van der Waals surface area contributed by atoms with Gasteiger partial charge in [0.05, 0.1) is 12.6 Å². The summed E-state index contributed by atoms with van der Waals surface area (Å²) in [4.78, 5) is 37.2. The monoisotopic (exact) mass is 346 g/mol. The average Bonchev–Trinajstić information content (AvgIpc) is 3.37. The van der Waals surface area contributed by atoms with Crippen molar-refractivity contribution in [1.82, 2.24) is 10.2 Å². The number of benzene rings is 1. The standard InChI is InChI=1S/C18H26N4O3/c1-4-22(12(2)18(25)21-16-9-10-16)11-17(24)20-15-7-5-14(6-8-15)19-13(3)23/h5-8,12,16H,4,9-11H2,1-3H3,(H,19,23)(H,20,24)(H,21,25)/t12-/m1/s1. The minimum atomic E-state index is -0.349. The van der Waals surface area contributed by atoms with Crippen LogP contribution in [0.25, 0.3) is 0 Å². The molecule has 1 aromatic carbocycles.